The minimum absolute atomic E-state index is 0.0793. The summed E-state index contributed by atoms with van der Waals surface area (Å²) in [5.41, 5.74) is 3.92. The van der Waals surface area contributed by atoms with Gasteiger partial charge in [0, 0.05) is 43.4 Å². The fraction of sp³-hybridized carbons (Fsp3) is 0.500. The molecule has 29 heavy (non-hydrogen) atoms. The molecule has 1 aliphatic rings. The molecule has 0 aliphatic carbocycles. The molecule has 1 saturated heterocycles. The lowest BCUT2D eigenvalue weighted by atomic mass is 10.0. The second-order valence-electron chi connectivity index (χ2n) is 9.01. The number of nitrogens with zero attached hydrogens (tertiary/aromatic N) is 4. The summed E-state index contributed by atoms with van der Waals surface area (Å²) in [7, 11) is 1.94. The van der Waals surface area contributed by atoms with E-state index in [4.69, 9.17) is 4.74 Å². The molecule has 0 saturated carbocycles. The van der Waals surface area contributed by atoms with Crippen LogP contribution in [0.15, 0.2) is 24.5 Å². The molecule has 0 radical (unpaired) electrons. The third kappa shape index (κ3) is 3.61. The van der Waals surface area contributed by atoms with Crippen LogP contribution in [0.4, 0.5) is 0 Å². The molecular weight excluding hydrogens is 366 g/mol. The topological polar surface area (TPSA) is 74.0 Å². The largest absolute Gasteiger partial charge is 0.490 e. The zero-order valence-corrected chi connectivity index (χ0v) is 18.0. The lowest BCUT2D eigenvalue weighted by Crippen LogP contribution is -2.25. The van der Waals surface area contributed by atoms with Gasteiger partial charge in [-0.25, -0.2) is 0 Å². The lowest BCUT2D eigenvalue weighted by Gasteiger charge is -2.21. The van der Waals surface area contributed by atoms with Crippen molar-refractivity contribution in [3.63, 3.8) is 0 Å². The number of nitrogens with one attached hydrogen (secondary N) is 1. The van der Waals surface area contributed by atoms with Gasteiger partial charge in [-0.3, -0.25) is 14.2 Å². The van der Waals surface area contributed by atoms with Gasteiger partial charge in [-0.2, -0.15) is 10.2 Å². The predicted molar refractivity (Wildman–Crippen MR) is 113 cm³/mol. The number of aryl methyl sites for hydroxylation is 2. The molecular formula is C22H29N5O2. The fourth-order valence-electron chi connectivity index (χ4n) is 3.80. The van der Waals surface area contributed by atoms with E-state index in [1.807, 2.05) is 36.5 Å². The molecule has 7 nitrogen and oxygen atoms in total. The van der Waals surface area contributed by atoms with Gasteiger partial charge in [0.2, 0.25) is 5.91 Å². The molecule has 2 atom stereocenters. The third-order valence-corrected chi connectivity index (χ3v) is 5.78. The van der Waals surface area contributed by atoms with Gasteiger partial charge in [0.05, 0.1) is 22.6 Å². The van der Waals surface area contributed by atoms with Gasteiger partial charge in [0.1, 0.15) is 11.9 Å². The monoisotopic (exact) mass is 395 g/mol. The number of aromatic nitrogens is 4. The maximum absolute atomic E-state index is 11.6. The van der Waals surface area contributed by atoms with Crippen molar-refractivity contribution in [2.45, 2.75) is 52.7 Å². The number of amides is 1. The minimum atomic E-state index is -0.0835. The number of ether oxygens (including phenoxy) is 1. The van der Waals surface area contributed by atoms with Gasteiger partial charge in [-0.1, -0.05) is 0 Å². The number of fused-ring (bicyclic) bond motifs is 1. The molecule has 2 aromatic heterocycles. The highest BCUT2D eigenvalue weighted by atomic mass is 16.5. The number of hydrogen-bond donors (Lipinski definition) is 1. The molecule has 7 heteroatoms. The Bertz CT molecular complexity index is 1070. The molecule has 3 heterocycles. The molecule has 4 rings (SSSR count). The first-order valence-electron chi connectivity index (χ1n) is 10.1. The van der Waals surface area contributed by atoms with E-state index in [-0.39, 0.29) is 23.5 Å². The zero-order chi connectivity index (χ0) is 20.9. The minimum Gasteiger partial charge on any atom is -0.490 e. The average Bonchev–Trinajstić information content (AvgIpc) is 3.34. The molecule has 154 valence electrons. The molecule has 1 amide bonds. The number of carbonyl (C=O) groups excluding carboxylic acids is 1. The highest BCUT2D eigenvalue weighted by molar-refractivity contribution is 5.92. The normalized spacial score (nSPS) is 18.3. The van der Waals surface area contributed by atoms with Crippen LogP contribution in [0, 0.1) is 12.8 Å². The van der Waals surface area contributed by atoms with E-state index in [1.165, 1.54) is 0 Å². The Kier molecular flexibility index (Phi) is 4.63. The maximum Gasteiger partial charge on any atom is 0.220 e. The first-order valence-corrected chi connectivity index (χ1v) is 10.1. The van der Waals surface area contributed by atoms with Gasteiger partial charge in [0.15, 0.2) is 0 Å². The van der Waals surface area contributed by atoms with Gasteiger partial charge < -0.3 is 10.1 Å². The summed E-state index contributed by atoms with van der Waals surface area (Å²) in [6.45, 7) is 11.1. The van der Waals surface area contributed by atoms with Gasteiger partial charge in [-0.15, -0.1) is 0 Å². The van der Waals surface area contributed by atoms with Crippen LogP contribution in [0.25, 0.3) is 22.0 Å². The van der Waals surface area contributed by atoms with Crippen LogP contribution in [0.3, 0.4) is 0 Å². The summed E-state index contributed by atoms with van der Waals surface area (Å²) in [6.07, 6.45) is 4.37. The van der Waals surface area contributed by atoms with Crippen molar-refractivity contribution in [1.82, 2.24) is 24.9 Å². The van der Waals surface area contributed by atoms with Gasteiger partial charge in [-0.05, 0) is 52.3 Å². The van der Waals surface area contributed by atoms with E-state index >= 15 is 0 Å². The highest BCUT2D eigenvalue weighted by Gasteiger charge is 2.29. The van der Waals surface area contributed by atoms with E-state index < -0.39 is 0 Å². The second kappa shape index (κ2) is 6.90. The summed E-state index contributed by atoms with van der Waals surface area (Å²) in [5, 5.41) is 13.1. The van der Waals surface area contributed by atoms with E-state index in [0.717, 1.165) is 33.5 Å². The molecule has 1 unspecified atom stereocenters. The quantitative estimate of drug-likeness (QED) is 0.735. The SMILES string of the molecule is Cc1c2c(OC(C)[C@H]3CNC(=O)C3)cc(-c3cnn(C(C)(C)C)c3)cc2nn1C. The number of hydrogen-bond acceptors (Lipinski definition) is 4. The van der Waals surface area contributed by atoms with Crippen LogP contribution in [-0.4, -0.2) is 38.1 Å². The smallest absolute Gasteiger partial charge is 0.220 e. The fourth-order valence-corrected chi connectivity index (χ4v) is 3.80. The molecule has 0 bridgehead atoms. The summed E-state index contributed by atoms with van der Waals surface area (Å²) in [6, 6.07) is 4.16. The molecule has 1 fully saturated rings. The van der Waals surface area contributed by atoms with Gasteiger partial charge in [0.25, 0.3) is 0 Å². The van der Waals surface area contributed by atoms with Crippen molar-refractivity contribution in [1.29, 1.82) is 0 Å². The Morgan fingerprint density at radius 1 is 1.28 bits per heavy atom. The average molecular weight is 396 g/mol. The Balaban J connectivity index is 1.75. The van der Waals surface area contributed by atoms with Crippen molar-refractivity contribution in [2.24, 2.45) is 13.0 Å². The van der Waals surface area contributed by atoms with E-state index in [0.29, 0.717) is 13.0 Å². The van der Waals surface area contributed by atoms with Crippen LogP contribution in [-0.2, 0) is 17.4 Å². The molecule has 1 N–H and O–H groups in total. The standard InChI is InChI=1S/C22H29N5O2/c1-13-21-18(25-26(13)6)7-15(17-11-24-27(12-17)22(3,4)5)8-19(21)29-14(2)16-9-20(28)23-10-16/h7-8,11-12,14,16H,9-10H2,1-6H3,(H,23,28)/t14?,16-/m1/s1. The molecule has 1 aliphatic heterocycles. The molecule has 1 aromatic carbocycles. The van der Waals surface area contributed by atoms with E-state index in [1.54, 1.807) is 0 Å². The summed E-state index contributed by atoms with van der Waals surface area (Å²) in [4.78, 5) is 11.6. The third-order valence-electron chi connectivity index (χ3n) is 5.78. The van der Waals surface area contributed by atoms with Crippen molar-refractivity contribution in [2.75, 3.05) is 6.54 Å². The molecule has 3 aromatic rings. The van der Waals surface area contributed by atoms with Crippen molar-refractivity contribution < 1.29 is 9.53 Å². The van der Waals surface area contributed by atoms with Crippen LogP contribution in [0.5, 0.6) is 5.75 Å². The first-order chi connectivity index (χ1) is 13.6. The Hall–Kier alpha value is -2.83. The molecule has 0 spiro atoms. The Morgan fingerprint density at radius 2 is 2.03 bits per heavy atom. The van der Waals surface area contributed by atoms with Crippen molar-refractivity contribution in [3.05, 3.63) is 30.2 Å². The van der Waals surface area contributed by atoms with E-state index in [2.05, 4.69) is 54.6 Å². The number of carbonyl (C=O) groups is 1. The first kappa shape index (κ1) is 19.5. The van der Waals surface area contributed by atoms with Gasteiger partial charge >= 0.3 is 0 Å². The lowest BCUT2D eigenvalue weighted by molar-refractivity contribution is -0.119. The predicted octanol–water partition coefficient (Wildman–Crippen LogP) is 3.40. The van der Waals surface area contributed by atoms with Crippen molar-refractivity contribution in [3.8, 4) is 16.9 Å². The Morgan fingerprint density at radius 3 is 2.66 bits per heavy atom. The zero-order valence-electron chi connectivity index (χ0n) is 18.0. The Labute approximate surface area is 171 Å². The van der Waals surface area contributed by atoms with Crippen molar-refractivity contribution >= 4 is 16.8 Å². The maximum atomic E-state index is 11.6. The number of rotatable bonds is 4. The number of benzene rings is 1. The highest BCUT2D eigenvalue weighted by Crippen LogP contribution is 2.36. The van der Waals surface area contributed by atoms with Crippen LogP contribution < -0.4 is 10.1 Å². The van der Waals surface area contributed by atoms with Crippen LogP contribution in [0.2, 0.25) is 0 Å². The summed E-state index contributed by atoms with van der Waals surface area (Å²) >= 11 is 0. The van der Waals surface area contributed by atoms with E-state index in [9.17, 15) is 4.79 Å². The van der Waals surface area contributed by atoms with Crippen LogP contribution >= 0.6 is 0 Å². The summed E-state index contributed by atoms with van der Waals surface area (Å²) in [5.74, 6) is 1.07. The second-order valence-corrected chi connectivity index (χ2v) is 9.01. The summed E-state index contributed by atoms with van der Waals surface area (Å²) < 4.78 is 10.3. The van der Waals surface area contributed by atoms with Crippen LogP contribution in [0.1, 0.15) is 39.8 Å².